The number of ether oxygens (including phenoxy) is 1. The number of non-ortho nitro benzene ring substituents is 1. The van der Waals surface area contributed by atoms with Gasteiger partial charge in [-0.3, -0.25) is 25.7 Å². The van der Waals surface area contributed by atoms with Gasteiger partial charge in [0.25, 0.3) is 5.69 Å². The molecule has 0 aliphatic heterocycles. The Morgan fingerprint density at radius 3 is 2.41 bits per heavy atom. The van der Waals surface area contributed by atoms with Gasteiger partial charge in [0.05, 0.1) is 27.7 Å². The molecule has 0 saturated carbocycles. The molecule has 0 radical (unpaired) electrons. The molecule has 2 N–H and O–H groups in total. The first kappa shape index (κ1) is 21.9. The molecule has 0 aliphatic rings. The Morgan fingerprint density at radius 2 is 1.75 bits per heavy atom. The first-order valence-electron chi connectivity index (χ1n) is 9.11. The van der Waals surface area contributed by atoms with Crippen LogP contribution in [-0.2, 0) is 6.61 Å². The minimum Gasteiger partial charge on any atom is -0.488 e. The van der Waals surface area contributed by atoms with Gasteiger partial charge in [-0.05, 0) is 35.9 Å². The molecule has 11 nitrogen and oxygen atoms in total. The summed E-state index contributed by atoms with van der Waals surface area (Å²) in [6.45, 7) is 0.187. The van der Waals surface area contributed by atoms with Crippen molar-refractivity contribution in [2.45, 2.75) is 6.61 Å². The third-order valence-corrected chi connectivity index (χ3v) is 4.29. The van der Waals surface area contributed by atoms with Crippen LogP contribution in [0.3, 0.4) is 0 Å². The van der Waals surface area contributed by atoms with Gasteiger partial charge in [-0.15, -0.1) is 0 Å². The van der Waals surface area contributed by atoms with E-state index in [-0.39, 0.29) is 17.9 Å². The molecular formula is C21H16N4O7. The first-order valence-corrected chi connectivity index (χ1v) is 9.11. The number of hydrogen-bond acceptors (Lipinski definition) is 8. The molecule has 0 bridgehead atoms. The molecule has 0 unspecified atom stereocenters. The van der Waals surface area contributed by atoms with Crippen molar-refractivity contribution in [3.8, 4) is 5.75 Å². The summed E-state index contributed by atoms with van der Waals surface area (Å²) in [5.74, 6) is -0.529. The maximum atomic E-state index is 11.2. The van der Waals surface area contributed by atoms with Gasteiger partial charge in [0.2, 0.25) is 0 Å². The number of hydrogen-bond donors (Lipinski definition) is 2. The van der Waals surface area contributed by atoms with Crippen molar-refractivity contribution in [3.05, 3.63) is 104 Å². The van der Waals surface area contributed by atoms with E-state index >= 15 is 0 Å². The molecule has 0 spiro atoms. The fourth-order valence-electron chi connectivity index (χ4n) is 2.67. The maximum absolute atomic E-state index is 11.2. The molecule has 0 heterocycles. The molecule has 3 rings (SSSR count). The number of nitrogens with one attached hydrogen (secondary N) is 1. The molecule has 0 atom stereocenters. The van der Waals surface area contributed by atoms with Gasteiger partial charge in [-0.25, -0.2) is 4.79 Å². The van der Waals surface area contributed by atoms with E-state index in [1.165, 1.54) is 24.4 Å². The standard InChI is InChI=1S/C21H16N4O7/c26-21(27)15-7-5-14(6-8-15)13-32-20-4-2-1-3-16(20)12-22-23-18-10-9-17(24(28)29)11-19(18)25(30)31/h1-12,23H,13H2,(H,26,27)/b22-12-. The van der Waals surface area contributed by atoms with Crippen LogP contribution in [0.5, 0.6) is 5.75 Å². The van der Waals surface area contributed by atoms with Crippen LogP contribution in [0.25, 0.3) is 0 Å². The molecule has 3 aromatic rings. The number of hydrazone groups is 1. The summed E-state index contributed by atoms with van der Waals surface area (Å²) < 4.78 is 5.78. The number of carboxylic acid groups (broad SMARTS) is 1. The SMILES string of the molecule is O=C(O)c1ccc(COc2ccccc2/C=N\Nc2ccc([N+](=O)[O-])cc2[N+](=O)[O-])cc1. The first-order chi connectivity index (χ1) is 15.3. The van der Waals surface area contributed by atoms with Crippen molar-refractivity contribution in [3.63, 3.8) is 0 Å². The van der Waals surface area contributed by atoms with E-state index < -0.39 is 27.2 Å². The number of rotatable bonds is 9. The number of nitro groups is 2. The molecule has 162 valence electrons. The van der Waals surface area contributed by atoms with E-state index in [2.05, 4.69) is 10.5 Å². The molecule has 0 saturated heterocycles. The van der Waals surface area contributed by atoms with E-state index in [0.29, 0.717) is 11.3 Å². The number of aromatic carboxylic acids is 1. The highest BCUT2D eigenvalue weighted by atomic mass is 16.6. The van der Waals surface area contributed by atoms with Crippen LogP contribution in [0.15, 0.2) is 71.8 Å². The second-order valence-corrected chi connectivity index (χ2v) is 6.41. The number of nitrogens with zero attached hydrogens (tertiary/aromatic N) is 3. The summed E-state index contributed by atoms with van der Waals surface area (Å²) in [4.78, 5) is 31.5. The Balaban J connectivity index is 1.71. The highest BCUT2D eigenvalue weighted by Crippen LogP contribution is 2.29. The lowest BCUT2D eigenvalue weighted by Gasteiger charge is -2.09. The van der Waals surface area contributed by atoms with E-state index in [9.17, 15) is 25.0 Å². The Hall–Kier alpha value is -4.80. The van der Waals surface area contributed by atoms with Crippen molar-refractivity contribution in [2.75, 3.05) is 5.43 Å². The van der Waals surface area contributed by atoms with Gasteiger partial charge in [-0.2, -0.15) is 5.10 Å². The topological polar surface area (TPSA) is 157 Å². The zero-order valence-corrected chi connectivity index (χ0v) is 16.4. The highest BCUT2D eigenvalue weighted by molar-refractivity contribution is 5.87. The van der Waals surface area contributed by atoms with E-state index in [1.54, 1.807) is 36.4 Å². The van der Waals surface area contributed by atoms with Crippen LogP contribution in [0.1, 0.15) is 21.5 Å². The third-order valence-electron chi connectivity index (χ3n) is 4.29. The molecule has 3 aromatic carbocycles. The summed E-state index contributed by atoms with van der Waals surface area (Å²) in [5.41, 5.74) is 3.15. The molecular weight excluding hydrogens is 420 g/mol. The normalized spacial score (nSPS) is 10.6. The molecule has 0 amide bonds. The average molecular weight is 436 g/mol. The van der Waals surface area contributed by atoms with Gasteiger partial charge in [0, 0.05) is 11.6 Å². The summed E-state index contributed by atoms with van der Waals surface area (Å²) in [7, 11) is 0. The van der Waals surface area contributed by atoms with E-state index in [0.717, 1.165) is 17.7 Å². The predicted octanol–water partition coefficient (Wildman–Crippen LogP) is 4.23. The summed E-state index contributed by atoms with van der Waals surface area (Å²) >= 11 is 0. The van der Waals surface area contributed by atoms with Crippen molar-refractivity contribution >= 4 is 29.2 Å². The van der Waals surface area contributed by atoms with Crippen LogP contribution >= 0.6 is 0 Å². The van der Waals surface area contributed by atoms with Gasteiger partial charge >= 0.3 is 11.7 Å². The summed E-state index contributed by atoms with van der Waals surface area (Å²) in [5, 5.41) is 35.0. The fraction of sp³-hybridized carbons (Fsp3) is 0.0476. The second kappa shape index (κ2) is 9.80. The second-order valence-electron chi connectivity index (χ2n) is 6.41. The number of para-hydroxylation sites is 1. The van der Waals surface area contributed by atoms with Crippen LogP contribution < -0.4 is 10.2 Å². The van der Waals surface area contributed by atoms with E-state index in [1.807, 2.05) is 0 Å². The van der Waals surface area contributed by atoms with Crippen LogP contribution in [-0.4, -0.2) is 27.1 Å². The minimum absolute atomic E-state index is 0.00577. The number of carboxylic acids is 1. The van der Waals surface area contributed by atoms with Crippen molar-refractivity contribution in [2.24, 2.45) is 5.10 Å². The van der Waals surface area contributed by atoms with Crippen molar-refractivity contribution < 1.29 is 24.5 Å². The van der Waals surface area contributed by atoms with Gasteiger partial charge in [0.1, 0.15) is 18.0 Å². The van der Waals surface area contributed by atoms with Gasteiger partial charge in [-0.1, -0.05) is 24.3 Å². The smallest absolute Gasteiger partial charge is 0.335 e. The van der Waals surface area contributed by atoms with Crippen molar-refractivity contribution in [1.29, 1.82) is 0 Å². The lowest BCUT2D eigenvalue weighted by Crippen LogP contribution is -2.01. The fourth-order valence-corrected chi connectivity index (χ4v) is 2.67. The minimum atomic E-state index is -1.01. The number of carbonyl (C=O) groups is 1. The molecule has 0 aliphatic carbocycles. The van der Waals surface area contributed by atoms with Gasteiger partial charge < -0.3 is 9.84 Å². The summed E-state index contributed by atoms with van der Waals surface area (Å²) in [6, 6.07) is 16.4. The Bertz CT molecular complexity index is 1190. The number of benzene rings is 3. The molecule has 0 aromatic heterocycles. The quantitative estimate of drug-likeness (QED) is 0.287. The maximum Gasteiger partial charge on any atom is 0.335 e. The average Bonchev–Trinajstić information content (AvgIpc) is 2.78. The number of nitro benzene ring substituents is 2. The summed E-state index contributed by atoms with van der Waals surface area (Å²) in [6.07, 6.45) is 1.40. The zero-order valence-electron chi connectivity index (χ0n) is 16.4. The molecule has 11 heteroatoms. The van der Waals surface area contributed by atoms with E-state index in [4.69, 9.17) is 9.84 Å². The van der Waals surface area contributed by atoms with Crippen LogP contribution in [0.4, 0.5) is 17.1 Å². The Morgan fingerprint density at radius 1 is 1.03 bits per heavy atom. The van der Waals surface area contributed by atoms with Crippen LogP contribution in [0, 0.1) is 20.2 Å². The molecule has 32 heavy (non-hydrogen) atoms. The zero-order chi connectivity index (χ0) is 23.1. The predicted molar refractivity (Wildman–Crippen MR) is 115 cm³/mol. The Kier molecular flexibility index (Phi) is 6.71. The monoisotopic (exact) mass is 436 g/mol. The van der Waals surface area contributed by atoms with Crippen LogP contribution in [0.2, 0.25) is 0 Å². The largest absolute Gasteiger partial charge is 0.488 e. The third kappa shape index (κ3) is 5.42. The Labute approximate surface area is 180 Å². The lowest BCUT2D eigenvalue weighted by molar-refractivity contribution is -0.393. The molecule has 0 fully saturated rings. The lowest BCUT2D eigenvalue weighted by atomic mass is 10.1. The number of anilines is 1. The van der Waals surface area contributed by atoms with Gasteiger partial charge in [0.15, 0.2) is 0 Å². The highest BCUT2D eigenvalue weighted by Gasteiger charge is 2.19. The van der Waals surface area contributed by atoms with Crippen molar-refractivity contribution in [1.82, 2.24) is 0 Å².